The number of allylic oxidation sites excluding steroid dienone is 2. The molecule has 1 N–H and O–H groups in total. The molecule has 0 radical (unpaired) electrons. The summed E-state index contributed by atoms with van der Waals surface area (Å²) in [5.74, 6) is 0.774. The topological polar surface area (TPSA) is 56.1 Å². The van der Waals surface area contributed by atoms with Gasteiger partial charge in [-0.15, -0.1) is 0 Å². The van der Waals surface area contributed by atoms with Crippen molar-refractivity contribution in [1.82, 2.24) is 9.78 Å². The molecule has 0 fully saturated rings. The average Bonchev–Trinajstić information content (AvgIpc) is 3.22. The molecule has 5 nitrogen and oxygen atoms in total. The molecule has 4 aromatic rings. The van der Waals surface area contributed by atoms with Crippen molar-refractivity contribution in [1.29, 1.82) is 0 Å². The van der Waals surface area contributed by atoms with Crippen LogP contribution in [0, 0.1) is 6.92 Å². The second-order valence-electron chi connectivity index (χ2n) is 9.20. The van der Waals surface area contributed by atoms with Gasteiger partial charge in [0, 0.05) is 46.6 Å². The molecule has 1 aliphatic rings. The fourth-order valence-corrected chi connectivity index (χ4v) is 4.65. The van der Waals surface area contributed by atoms with Gasteiger partial charge in [-0.3, -0.25) is 9.48 Å². The molecule has 188 valence electrons. The van der Waals surface area contributed by atoms with Crippen LogP contribution in [0.5, 0.6) is 5.75 Å². The Hall–Kier alpha value is -4.33. The first-order chi connectivity index (χ1) is 17.5. The molecule has 8 heteroatoms. The predicted molar refractivity (Wildman–Crippen MR) is 138 cm³/mol. The number of ether oxygens (including phenoxy) is 1. The number of aromatic nitrogens is 2. The first-order valence-electron chi connectivity index (χ1n) is 11.6. The van der Waals surface area contributed by atoms with Crippen molar-refractivity contribution in [2.24, 2.45) is 7.05 Å². The number of aldehydes is 1. The molecular weight excluding hydrogens is 479 g/mol. The Balaban J connectivity index is 1.58. The highest BCUT2D eigenvalue weighted by Crippen LogP contribution is 2.44. The predicted octanol–water partition coefficient (Wildman–Crippen LogP) is 7.33. The monoisotopic (exact) mass is 503 g/mol. The van der Waals surface area contributed by atoms with Crippen LogP contribution in [-0.2, 0) is 13.2 Å². The number of benzene rings is 3. The van der Waals surface area contributed by atoms with Gasteiger partial charge in [0.25, 0.3) is 0 Å². The summed E-state index contributed by atoms with van der Waals surface area (Å²) >= 11 is 0. The van der Waals surface area contributed by atoms with Gasteiger partial charge in [-0.2, -0.15) is 18.3 Å². The van der Waals surface area contributed by atoms with E-state index in [0.717, 1.165) is 29.0 Å². The van der Waals surface area contributed by atoms with E-state index in [4.69, 9.17) is 4.74 Å². The highest BCUT2D eigenvalue weighted by atomic mass is 19.4. The number of rotatable bonds is 5. The van der Waals surface area contributed by atoms with E-state index >= 15 is 0 Å². The van der Waals surface area contributed by atoms with Crippen LogP contribution in [0.4, 0.5) is 18.9 Å². The van der Waals surface area contributed by atoms with Crippen molar-refractivity contribution in [3.8, 4) is 5.75 Å². The molecule has 0 saturated heterocycles. The molecule has 2 heterocycles. The zero-order chi connectivity index (χ0) is 26.5. The lowest BCUT2D eigenvalue weighted by Gasteiger charge is -2.27. The minimum absolute atomic E-state index is 0.114. The zero-order valence-electron chi connectivity index (χ0n) is 20.5. The lowest BCUT2D eigenvalue weighted by Crippen LogP contribution is -2.14. The van der Waals surface area contributed by atoms with Gasteiger partial charge in [0.2, 0.25) is 0 Å². The number of aryl methyl sites for hydroxylation is 2. The zero-order valence-corrected chi connectivity index (χ0v) is 20.5. The van der Waals surface area contributed by atoms with Gasteiger partial charge in [-0.05, 0) is 61.4 Å². The van der Waals surface area contributed by atoms with Crippen molar-refractivity contribution in [3.63, 3.8) is 0 Å². The molecule has 0 spiro atoms. The molecule has 1 atom stereocenters. The quantitative estimate of drug-likeness (QED) is 0.290. The summed E-state index contributed by atoms with van der Waals surface area (Å²) in [6.45, 7) is 8.05. The SMILES string of the molecule is C=C1C=C(c2cc(C(F)(F)F)c3nn(C)cc3c2)Oc2c1cc(C)cc2C(C)Nc1ccccc1C=O. The summed E-state index contributed by atoms with van der Waals surface area (Å²) in [7, 11) is 1.58. The van der Waals surface area contributed by atoms with Crippen molar-refractivity contribution < 1.29 is 22.7 Å². The number of halogens is 3. The van der Waals surface area contributed by atoms with E-state index in [0.29, 0.717) is 28.0 Å². The normalized spacial score (nSPS) is 14.1. The van der Waals surface area contributed by atoms with Crippen LogP contribution in [0.2, 0.25) is 0 Å². The van der Waals surface area contributed by atoms with Crippen LogP contribution >= 0.6 is 0 Å². The number of hydrogen-bond donors (Lipinski definition) is 1. The standard InChI is InChI=1S/C29H24F3N3O2/c1-16-9-22-17(2)11-26(20-12-21-14-35(4)34-27(21)24(13-20)29(30,31)32)37-28(22)23(10-16)18(3)33-25-8-6-5-7-19(25)15-36/h5-15,18,33H,2H2,1,3-4H3. The molecule has 0 amide bonds. The van der Waals surface area contributed by atoms with E-state index in [9.17, 15) is 18.0 Å². The summed E-state index contributed by atoms with van der Waals surface area (Å²) in [5.41, 5.74) is 3.68. The van der Waals surface area contributed by atoms with Crippen molar-refractivity contribution >= 4 is 34.2 Å². The van der Waals surface area contributed by atoms with Crippen LogP contribution in [0.25, 0.3) is 22.2 Å². The van der Waals surface area contributed by atoms with Gasteiger partial charge in [0.15, 0.2) is 6.29 Å². The fourth-order valence-electron chi connectivity index (χ4n) is 4.65. The number of hydrogen-bond acceptors (Lipinski definition) is 4. The minimum atomic E-state index is -4.58. The molecule has 0 aliphatic carbocycles. The third kappa shape index (κ3) is 4.50. The van der Waals surface area contributed by atoms with E-state index in [-0.39, 0.29) is 22.9 Å². The van der Waals surface area contributed by atoms with Crippen LogP contribution < -0.4 is 10.1 Å². The molecule has 0 bridgehead atoms. The number of anilines is 1. The maximum atomic E-state index is 13.9. The van der Waals surface area contributed by atoms with Crippen LogP contribution in [-0.4, -0.2) is 16.1 Å². The van der Waals surface area contributed by atoms with Crippen molar-refractivity contribution in [3.05, 3.63) is 101 Å². The number of fused-ring (bicyclic) bond motifs is 2. The third-order valence-electron chi connectivity index (χ3n) is 6.36. The van der Waals surface area contributed by atoms with Gasteiger partial charge in [-0.1, -0.05) is 24.8 Å². The van der Waals surface area contributed by atoms with Gasteiger partial charge in [0.05, 0.1) is 11.6 Å². The van der Waals surface area contributed by atoms with E-state index in [1.54, 1.807) is 37.5 Å². The van der Waals surface area contributed by atoms with Crippen molar-refractivity contribution in [2.45, 2.75) is 26.1 Å². The molecule has 1 aromatic heterocycles. The Kier molecular flexibility index (Phi) is 5.90. The Morgan fingerprint density at radius 2 is 1.92 bits per heavy atom. The summed E-state index contributed by atoms with van der Waals surface area (Å²) in [6.07, 6.45) is -0.597. The van der Waals surface area contributed by atoms with E-state index < -0.39 is 11.7 Å². The third-order valence-corrected chi connectivity index (χ3v) is 6.36. The van der Waals surface area contributed by atoms with Gasteiger partial charge >= 0.3 is 6.18 Å². The minimum Gasteiger partial charge on any atom is -0.456 e. The lowest BCUT2D eigenvalue weighted by atomic mass is 9.93. The molecule has 1 aliphatic heterocycles. The second-order valence-corrected chi connectivity index (χ2v) is 9.20. The summed E-state index contributed by atoms with van der Waals surface area (Å²) in [6, 6.07) is 13.5. The molecule has 1 unspecified atom stereocenters. The molecule has 0 saturated carbocycles. The Morgan fingerprint density at radius 1 is 1.16 bits per heavy atom. The summed E-state index contributed by atoms with van der Waals surface area (Å²) in [5, 5.41) is 7.72. The smallest absolute Gasteiger partial charge is 0.418 e. The van der Waals surface area contributed by atoms with E-state index in [1.807, 2.05) is 38.1 Å². The molecule has 5 rings (SSSR count). The number of nitrogens with one attached hydrogen (secondary N) is 1. The van der Waals surface area contributed by atoms with E-state index in [1.165, 1.54) is 4.68 Å². The summed E-state index contributed by atoms with van der Waals surface area (Å²) in [4.78, 5) is 11.5. The van der Waals surface area contributed by atoms with Crippen LogP contribution in [0.1, 0.15) is 51.1 Å². The first kappa shape index (κ1) is 24.4. The summed E-state index contributed by atoms with van der Waals surface area (Å²) < 4.78 is 49.4. The maximum absolute atomic E-state index is 13.9. The number of carbonyl (C=O) groups excluding carboxylic acids is 1. The molecular formula is C29H24F3N3O2. The number of alkyl halides is 3. The Bertz CT molecular complexity index is 1600. The number of para-hydroxylation sites is 1. The largest absolute Gasteiger partial charge is 0.456 e. The van der Waals surface area contributed by atoms with Crippen LogP contribution in [0.3, 0.4) is 0 Å². The average molecular weight is 504 g/mol. The number of nitrogens with zero attached hydrogens (tertiary/aromatic N) is 2. The molecule has 37 heavy (non-hydrogen) atoms. The lowest BCUT2D eigenvalue weighted by molar-refractivity contribution is -0.136. The number of carbonyl (C=O) groups is 1. The fraction of sp³-hybridized carbons (Fsp3) is 0.172. The second kappa shape index (κ2) is 8.96. The van der Waals surface area contributed by atoms with Crippen LogP contribution in [0.15, 0.2) is 67.4 Å². The highest BCUT2D eigenvalue weighted by molar-refractivity contribution is 5.92. The first-order valence-corrected chi connectivity index (χ1v) is 11.6. The van der Waals surface area contributed by atoms with Gasteiger partial charge in [-0.25, -0.2) is 0 Å². The van der Waals surface area contributed by atoms with E-state index in [2.05, 4.69) is 17.0 Å². The maximum Gasteiger partial charge on any atom is 0.418 e. The Morgan fingerprint density at radius 3 is 2.65 bits per heavy atom. The molecule has 3 aromatic carbocycles. The highest BCUT2D eigenvalue weighted by Gasteiger charge is 2.35. The Labute approximate surface area is 211 Å². The van der Waals surface area contributed by atoms with Gasteiger partial charge in [0.1, 0.15) is 17.0 Å². The van der Waals surface area contributed by atoms with Crippen molar-refractivity contribution in [2.75, 3.05) is 5.32 Å². The van der Waals surface area contributed by atoms with Gasteiger partial charge < -0.3 is 10.1 Å².